The summed E-state index contributed by atoms with van der Waals surface area (Å²) < 4.78 is 1.56. The number of nitrogens with zero attached hydrogens (tertiary/aromatic N) is 2. The molecule has 0 unspecified atom stereocenters. The highest BCUT2D eigenvalue weighted by atomic mass is 16.1. The molecule has 0 bridgehead atoms. The van der Waals surface area contributed by atoms with Gasteiger partial charge in [-0.15, -0.1) is 0 Å². The quantitative estimate of drug-likeness (QED) is 0.755. The summed E-state index contributed by atoms with van der Waals surface area (Å²) in [5.41, 5.74) is 1.54. The van der Waals surface area contributed by atoms with Crippen molar-refractivity contribution in [3.63, 3.8) is 0 Å². The number of hydrogen-bond donors (Lipinski definition) is 0. The minimum Gasteiger partial charge on any atom is -0.300 e. The van der Waals surface area contributed by atoms with Crippen molar-refractivity contribution in [3.05, 3.63) is 52.7 Å². The first-order valence-corrected chi connectivity index (χ1v) is 5.78. The molecule has 1 aromatic heterocycles. The van der Waals surface area contributed by atoms with Crippen molar-refractivity contribution >= 4 is 0 Å². The van der Waals surface area contributed by atoms with E-state index in [0.29, 0.717) is 5.56 Å². The Morgan fingerprint density at radius 2 is 1.71 bits per heavy atom. The summed E-state index contributed by atoms with van der Waals surface area (Å²) in [5, 5.41) is 0. The molecule has 0 N–H and O–H groups in total. The van der Waals surface area contributed by atoms with Crippen LogP contribution >= 0.6 is 0 Å². The Kier molecular flexibility index (Phi) is 4.64. The summed E-state index contributed by atoms with van der Waals surface area (Å²) in [6.07, 6.45) is 1.63. The van der Waals surface area contributed by atoms with Gasteiger partial charge in [-0.2, -0.15) is 0 Å². The fourth-order valence-electron chi connectivity index (χ4n) is 1.44. The van der Waals surface area contributed by atoms with Crippen LogP contribution in [0.15, 0.2) is 41.3 Å². The molecule has 0 saturated heterocycles. The average molecular weight is 230 g/mol. The van der Waals surface area contributed by atoms with Crippen LogP contribution < -0.4 is 5.56 Å². The first-order valence-electron chi connectivity index (χ1n) is 5.78. The second-order valence-corrected chi connectivity index (χ2v) is 3.45. The third-order valence-corrected chi connectivity index (χ3v) is 2.49. The zero-order chi connectivity index (χ0) is 12.8. The second kappa shape index (κ2) is 5.99. The predicted molar refractivity (Wildman–Crippen MR) is 71.0 cm³/mol. The molecule has 1 heterocycles. The van der Waals surface area contributed by atoms with E-state index in [4.69, 9.17) is 0 Å². The monoisotopic (exact) mass is 230 g/mol. The third kappa shape index (κ3) is 2.81. The zero-order valence-corrected chi connectivity index (χ0v) is 10.8. The van der Waals surface area contributed by atoms with Gasteiger partial charge in [-0.3, -0.25) is 9.36 Å². The molecule has 0 amide bonds. The highest BCUT2D eigenvalue weighted by Crippen LogP contribution is 2.12. The Morgan fingerprint density at radius 3 is 2.29 bits per heavy atom. The van der Waals surface area contributed by atoms with Gasteiger partial charge in [-0.1, -0.05) is 44.2 Å². The molecule has 2 aromatic rings. The van der Waals surface area contributed by atoms with Crippen LogP contribution in [0, 0.1) is 6.92 Å². The molecule has 0 aliphatic heterocycles. The minimum absolute atomic E-state index is 0.00583. The molecule has 0 aliphatic rings. The normalized spacial score (nSPS) is 9.41. The summed E-state index contributed by atoms with van der Waals surface area (Å²) in [5.74, 6) is 0.722. The van der Waals surface area contributed by atoms with Crippen molar-refractivity contribution in [1.82, 2.24) is 9.55 Å². The van der Waals surface area contributed by atoms with Crippen LogP contribution in [-0.2, 0) is 7.05 Å². The van der Waals surface area contributed by atoms with Crippen molar-refractivity contribution in [2.75, 3.05) is 0 Å². The van der Waals surface area contributed by atoms with Crippen molar-refractivity contribution < 1.29 is 0 Å². The standard InChI is InChI=1S/C12H12N2O.C2H6/c1-9-13-8-11(12(15)14(9)2)10-6-4-3-5-7-10;1-2/h3-8H,1-2H3;1-2H3. The zero-order valence-electron chi connectivity index (χ0n) is 10.8. The maximum absolute atomic E-state index is 11.9. The molecule has 0 saturated carbocycles. The van der Waals surface area contributed by atoms with Crippen molar-refractivity contribution in [1.29, 1.82) is 0 Å². The fraction of sp³-hybridized carbons (Fsp3) is 0.286. The summed E-state index contributed by atoms with van der Waals surface area (Å²) in [4.78, 5) is 16.1. The topological polar surface area (TPSA) is 34.9 Å². The van der Waals surface area contributed by atoms with Gasteiger partial charge in [0.05, 0.1) is 5.56 Å². The maximum Gasteiger partial charge on any atom is 0.261 e. The molecular weight excluding hydrogens is 212 g/mol. The lowest BCUT2D eigenvalue weighted by Crippen LogP contribution is -2.21. The SMILES string of the molecule is CC.Cc1ncc(-c2ccccc2)c(=O)n1C. The van der Waals surface area contributed by atoms with Gasteiger partial charge in [0.25, 0.3) is 5.56 Å². The van der Waals surface area contributed by atoms with Crippen molar-refractivity contribution in [2.45, 2.75) is 20.8 Å². The Hall–Kier alpha value is -1.90. The second-order valence-electron chi connectivity index (χ2n) is 3.45. The number of hydrogen-bond acceptors (Lipinski definition) is 2. The first-order chi connectivity index (χ1) is 8.20. The highest BCUT2D eigenvalue weighted by Gasteiger charge is 2.05. The van der Waals surface area contributed by atoms with E-state index >= 15 is 0 Å². The van der Waals surface area contributed by atoms with Crippen LogP contribution in [0.5, 0.6) is 0 Å². The van der Waals surface area contributed by atoms with E-state index in [1.165, 1.54) is 0 Å². The van der Waals surface area contributed by atoms with E-state index in [0.717, 1.165) is 11.4 Å². The van der Waals surface area contributed by atoms with Gasteiger partial charge < -0.3 is 0 Å². The van der Waals surface area contributed by atoms with Crippen LogP contribution in [0.1, 0.15) is 19.7 Å². The number of benzene rings is 1. The molecule has 90 valence electrons. The van der Waals surface area contributed by atoms with Crippen molar-refractivity contribution in [2.24, 2.45) is 7.05 Å². The van der Waals surface area contributed by atoms with E-state index in [1.54, 1.807) is 17.8 Å². The molecular formula is C14H18N2O. The minimum atomic E-state index is -0.00583. The van der Waals surface area contributed by atoms with E-state index in [2.05, 4.69) is 4.98 Å². The van der Waals surface area contributed by atoms with E-state index in [9.17, 15) is 4.79 Å². The predicted octanol–water partition coefficient (Wildman–Crippen LogP) is 2.78. The fourth-order valence-corrected chi connectivity index (χ4v) is 1.44. The summed E-state index contributed by atoms with van der Waals surface area (Å²) >= 11 is 0. The lowest BCUT2D eigenvalue weighted by atomic mass is 10.1. The Balaban J connectivity index is 0.000000686. The van der Waals surface area contributed by atoms with Gasteiger partial charge in [-0.25, -0.2) is 4.98 Å². The number of aromatic nitrogens is 2. The Morgan fingerprint density at radius 1 is 1.12 bits per heavy atom. The van der Waals surface area contributed by atoms with Gasteiger partial charge in [0.2, 0.25) is 0 Å². The van der Waals surface area contributed by atoms with Crippen LogP contribution in [-0.4, -0.2) is 9.55 Å². The number of aryl methyl sites for hydroxylation is 1. The van der Waals surface area contributed by atoms with Crippen LogP contribution in [0.3, 0.4) is 0 Å². The number of rotatable bonds is 1. The van der Waals surface area contributed by atoms with Gasteiger partial charge >= 0.3 is 0 Å². The first kappa shape index (κ1) is 13.2. The van der Waals surface area contributed by atoms with E-state index in [-0.39, 0.29) is 5.56 Å². The third-order valence-electron chi connectivity index (χ3n) is 2.49. The van der Waals surface area contributed by atoms with Crippen molar-refractivity contribution in [3.8, 4) is 11.1 Å². The molecule has 0 fully saturated rings. The van der Waals surface area contributed by atoms with Crippen LogP contribution in [0.25, 0.3) is 11.1 Å². The van der Waals surface area contributed by atoms with E-state index in [1.807, 2.05) is 51.1 Å². The van der Waals surface area contributed by atoms with Crippen LogP contribution in [0.2, 0.25) is 0 Å². The summed E-state index contributed by atoms with van der Waals surface area (Å²) in [6.45, 7) is 5.82. The molecule has 0 radical (unpaired) electrons. The molecule has 3 heteroatoms. The molecule has 1 aromatic carbocycles. The van der Waals surface area contributed by atoms with Crippen LogP contribution in [0.4, 0.5) is 0 Å². The summed E-state index contributed by atoms with van der Waals surface area (Å²) in [7, 11) is 1.73. The summed E-state index contributed by atoms with van der Waals surface area (Å²) in [6, 6.07) is 9.57. The van der Waals surface area contributed by atoms with Gasteiger partial charge in [0.1, 0.15) is 5.82 Å². The lowest BCUT2D eigenvalue weighted by Gasteiger charge is -2.05. The molecule has 0 spiro atoms. The average Bonchev–Trinajstić information content (AvgIpc) is 2.40. The Labute approximate surface area is 102 Å². The van der Waals surface area contributed by atoms with Gasteiger partial charge in [0.15, 0.2) is 0 Å². The molecule has 0 atom stereocenters. The lowest BCUT2D eigenvalue weighted by molar-refractivity contribution is 0.777. The largest absolute Gasteiger partial charge is 0.300 e. The highest BCUT2D eigenvalue weighted by molar-refractivity contribution is 5.61. The molecule has 3 nitrogen and oxygen atoms in total. The van der Waals surface area contributed by atoms with E-state index < -0.39 is 0 Å². The smallest absolute Gasteiger partial charge is 0.261 e. The van der Waals surface area contributed by atoms with Gasteiger partial charge in [0, 0.05) is 13.2 Å². The maximum atomic E-state index is 11.9. The molecule has 17 heavy (non-hydrogen) atoms. The van der Waals surface area contributed by atoms with Gasteiger partial charge in [-0.05, 0) is 12.5 Å². The molecule has 0 aliphatic carbocycles. The Bertz CT molecular complexity index is 530. The molecule has 2 rings (SSSR count).